The van der Waals surface area contributed by atoms with Crippen molar-refractivity contribution in [3.63, 3.8) is 0 Å². The van der Waals surface area contributed by atoms with E-state index in [1.165, 1.54) is 5.57 Å². The van der Waals surface area contributed by atoms with Gasteiger partial charge in [0.2, 0.25) is 0 Å². The third-order valence-electron chi connectivity index (χ3n) is 2.63. The normalized spacial score (nSPS) is 11.2. The monoisotopic (exact) mass is 247 g/mol. The molecule has 3 nitrogen and oxygen atoms in total. The summed E-state index contributed by atoms with van der Waals surface area (Å²) in [6.45, 7) is 13.1. The summed E-state index contributed by atoms with van der Waals surface area (Å²) in [5, 5.41) is 3.38. The van der Waals surface area contributed by atoms with Crippen LogP contribution in [0.3, 0.4) is 0 Å². The molecule has 0 saturated carbocycles. The van der Waals surface area contributed by atoms with Crippen LogP contribution in [-0.4, -0.2) is 36.1 Å². The highest BCUT2D eigenvalue weighted by atomic mass is 15.1. The molecule has 1 aromatic heterocycles. The van der Waals surface area contributed by atoms with Gasteiger partial charge in [0.1, 0.15) is 0 Å². The average molecular weight is 247 g/mol. The van der Waals surface area contributed by atoms with E-state index in [0.29, 0.717) is 6.04 Å². The number of nitrogens with one attached hydrogen (secondary N) is 1. The van der Waals surface area contributed by atoms with Gasteiger partial charge >= 0.3 is 0 Å². The molecule has 0 aliphatic carbocycles. The number of rotatable bonds is 7. The summed E-state index contributed by atoms with van der Waals surface area (Å²) in [5.41, 5.74) is 3.39. The van der Waals surface area contributed by atoms with Crippen LogP contribution in [0.5, 0.6) is 0 Å². The van der Waals surface area contributed by atoms with Gasteiger partial charge in [0.05, 0.1) is 5.69 Å². The van der Waals surface area contributed by atoms with Gasteiger partial charge in [-0.3, -0.25) is 9.88 Å². The van der Waals surface area contributed by atoms with Gasteiger partial charge in [-0.1, -0.05) is 26.5 Å². The van der Waals surface area contributed by atoms with E-state index in [1.807, 2.05) is 13.0 Å². The Morgan fingerprint density at radius 1 is 1.44 bits per heavy atom. The first-order valence-electron chi connectivity index (χ1n) is 6.48. The van der Waals surface area contributed by atoms with Crippen molar-refractivity contribution in [2.45, 2.75) is 33.4 Å². The SMILES string of the molecule is C=C(CNC(C)C)CN(C)Cc1cccc(C)n1. The molecule has 0 bridgehead atoms. The molecule has 0 aromatic carbocycles. The van der Waals surface area contributed by atoms with Crippen LogP contribution < -0.4 is 5.32 Å². The van der Waals surface area contributed by atoms with Crippen molar-refractivity contribution < 1.29 is 0 Å². The molecule has 0 atom stereocenters. The van der Waals surface area contributed by atoms with Crippen LogP contribution in [0.15, 0.2) is 30.4 Å². The Kier molecular flexibility index (Phi) is 6.02. The van der Waals surface area contributed by atoms with Crippen LogP contribution in [0.25, 0.3) is 0 Å². The topological polar surface area (TPSA) is 28.2 Å². The van der Waals surface area contributed by atoms with E-state index < -0.39 is 0 Å². The van der Waals surface area contributed by atoms with Crippen LogP contribution in [-0.2, 0) is 6.54 Å². The second kappa shape index (κ2) is 7.29. The van der Waals surface area contributed by atoms with Gasteiger partial charge in [0.15, 0.2) is 0 Å². The zero-order chi connectivity index (χ0) is 13.5. The number of hydrogen-bond donors (Lipinski definition) is 1. The summed E-state index contributed by atoms with van der Waals surface area (Å²) >= 11 is 0. The Morgan fingerprint density at radius 3 is 2.78 bits per heavy atom. The second-order valence-electron chi connectivity index (χ2n) is 5.23. The van der Waals surface area contributed by atoms with Gasteiger partial charge in [-0.15, -0.1) is 0 Å². The molecule has 0 radical (unpaired) electrons. The summed E-state index contributed by atoms with van der Waals surface area (Å²) in [5.74, 6) is 0. The molecule has 1 N–H and O–H groups in total. The van der Waals surface area contributed by atoms with Gasteiger partial charge < -0.3 is 5.32 Å². The van der Waals surface area contributed by atoms with Crippen molar-refractivity contribution in [2.75, 3.05) is 20.1 Å². The fourth-order valence-electron chi connectivity index (χ4n) is 1.81. The molecule has 0 aliphatic heterocycles. The number of likely N-dealkylation sites (N-methyl/N-ethyl adjacent to an activating group) is 1. The smallest absolute Gasteiger partial charge is 0.0547 e. The lowest BCUT2D eigenvalue weighted by atomic mass is 10.2. The maximum absolute atomic E-state index is 4.51. The molecule has 0 aliphatic rings. The van der Waals surface area contributed by atoms with Crippen LogP contribution in [0.4, 0.5) is 0 Å². The molecule has 1 aromatic rings. The standard InChI is InChI=1S/C15H25N3/c1-12(2)16-9-13(3)10-18(5)11-15-8-6-7-14(4)17-15/h6-8,12,16H,3,9-11H2,1-2,4-5H3. The number of hydrogen-bond acceptors (Lipinski definition) is 3. The number of aryl methyl sites for hydroxylation is 1. The Bertz CT molecular complexity index is 385. The van der Waals surface area contributed by atoms with Gasteiger partial charge in [-0.25, -0.2) is 0 Å². The lowest BCUT2D eigenvalue weighted by molar-refractivity contribution is 0.346. The summed E-state index contributed by atoms with van der Waals surface area (Å²) in [7, 11) is 2.10. The molecule has 0 unspecified atom stereocenters. The van der Waals surface area contributed by atoms with Crippen molar-refractivity contribution in [3.8, 4) is 0 Å². The first kappa shape index (κ1) is 14.9. The fourth-order valence-corrected chi connectivity index (χ4v) is 1.81. The van der Waals surface area contributed by atoms with Crippen LogP contribution in [0.2, 0.25) is 0 Å². The summed E-state index contributed by atoms with van der Waals surface area (Å²) in [4.78, 5) is 6.75. The van der Waals surface area contributed by atoms with Gasteiger partial charge in [0.25, 0.3) is 0 Å². The van der Waals surface area contributed by atoms with E-state index in [9.17, 15) is 0 Å². The summed E-state index contributed by atoms with van der Waals surface area (Å²) in [6.07, 6.45) is 0. The Hall–Kier alpha value is -1.19. The van der Waals surface area contributed by atoms with Crippen molar-refractivity contribution in [3.05, 3.63) is 41.7 Å². The highest BCUT2D eigenvalue weighted by molar-refractivity contribution is 5.10. The molecule has 0 spiro atoms. The first-order valence-corrected chi connectivity index (χ1v) is 6.48. The van der Waals surface area contributed by atoms with Crippen LogP contribution >= 0.6 is 0 Å². The second-order valence-corrected chi connectivity index (χ2v) is 5.23. The minimum Gasteiger partial charge on any atom is -0.311 e. The number of nitrogens with zero attached hydrogens (tertiary/aromatic N) is 2. The molecule has 0 amide bonds. The lowest BCUT2D eigenvalue weighted by Gasteiger charge is -2.19. The minimum absolute atomic E-state index is 0.505. The van der Waals surface area contributed by atoms with Crippen molar-refractivity contribution in [1.82, 2.24) is 15.2 Å². The quantitative estimate of drug-likeness (QED) is 0.750. The number of pyridine rings is 1. The highest BCUT2D eigenvalue weighted by Gasteiger charge is 2.04. The van der Waals surface area contributed by atoms with E-state index in [0.717, 1.165) is 31.0 Å². The molecule has 0 fully saturated rings. The van der Waals surface area contributed by atoms with Gasteiger partial charge in [0, 0.05) is 31.4 Å². The molecular formula is C15H25N3. The molecule has 0 saturated heterocycles. The Morgan fingerprint density at radius 2 is 2.17 bits per heavy atom. The third-order valence-corrected chi connectivity index (χ3v) is 2.63. The van der Waals surface area contributed by atoms with Gasteiger partial charge in [-0.2, -0.15) is 0 Å². The molecule has 1 rings (SSSR count). The molecule has 1 heterocycles. The van der Waals surface area contributed by atoms with Crippen LogP contribution in [0, 0.1) is 6.92 Å². The highest BCUT2D eigenvalue weighted by Crippen LogP contribution is 2.03. The van der Waals surface area contributed by atoms with Crippen LogP contribution in [0.1, 0.15) is 25.2 Å². The predicted octanol–water partition coefficient (Wildman–Crippen LogP) is 2.38. The Labute approximate surface area is 111 Å². The van der Waals surface area contributed by atoms with Gasteiger partial charge in [-0.05, 0) is 31.7 Å². The third kappa shape index (κ3) is 5.94. The van der Waals surface area contributed by atoms with E-state index >= 15 is 0 Å². The van der Waals surface area contributed by atoms with Crippen molar-refractivity contribution in [1.29, 1.82) is 0 Å². The predicted molar refractivity (Wildman–Crippen MR) is 77.6 cm³/mol. The Balaban J connectivity index is 2.37. The van der Waals surface area contributed by atoms with E-state index in [-0.39, 0.29) is 0 Å². The van der Waals surface area contributed by atoms with E-state index in [4.69, 9.17) is 0 Å². The summed E-state index contributed by atoms with van der Waals surface area (Å²) in [6, 6.07) is 6.65. The van der Waals surface area contributed by atoms with E-state index in [2.05, 4.69) is 54.8 Å². The fraction of sp³-hybridized carbons (Fsp3) is 0.533. The zero-order valence-corrected chi connectivity index (χ0v) is 12.0. The van der Waals surface area contributed by atoms with E-state index in [1.54, 1.807) is 0 Å². The molecular weight excluding hydrogens is 222 g/mol. The molecule has 18 heavy (non-hydrogen) atoms. The lowest BCUT2D eigenvalue weighted by Crippen LogP contribution is -2.29. The maximum Gasteiger partial charge on any atom is 0.0547 e. The number of aromatic nitrogens is 1. The first-order chi connectivity index (χ1) is 8.47. The average Bonchev–Trinajstić information content (AvgIpc) is 2.26. The zero-order valence-electron chi connectivity index (χ0n) is 12.0. The molecule has 100 valence electrons. The minimum atomic E-state index is 0.505. The summed E-state index contributed by atoms with van der Waals surface area (Å²) < 4.78 is 0. The molecule has 3 heteroatoms. The maximum atomic E-state index is 4.51. The van der Waals surface area contributed by atoms with Crippen molar-refractivity contribution >= 4 is 0 Å². The van der Waals surface area contributed by atoms with Crippen molar-refractivity contribution in [2.24, 2.45) is 0 Å². The largest absolute Gasteiger partial charge is 0.311 e.